The summed E-state index contributed by atoms with van der Waals surface area (Å²) in [7, 11) is 4.82. The molecular formula is C19H24N4O3. The molecule has 2 N–H and O–H groups in total. The van der Waals surface area contributed by atoms with Crippen LogP contribution in [0.25, 0.3) is 0 Å². The highest BCUT2D eigenvalue weighted by Gasteiger charge is 2.16. The molecule has 0 radical (unpaired) electrons. The zero-order valence-corrected chi connectivity index (χ0v) is 15.7. The average molecular weight is 356 g/mol. The summed E-state index contributed by atoms with van der Waals surface area (Å²) in [6.07, 6.45) is 1.74. The second-order valence-electron chi connectivity index (χ2n) is 6.17. The van der Waals surface area contributed by atoms with Gasteiger partial charge in [-0.05, 0) is 43.7 Å². The van der Waals surface area contributed by atoms with E-state index in [0.29, 0.717) is 17.0 Å². The molecular weight excluding hydrogens is 332 g/mol. The van der Waals surface area contributed by atoms with Gasteiger partial charge >= 0.3 is 6.03 Å². The van der Waals surface area contributed by atoms with Crippen molar-refractivity contribution in [1.29, 1.82) is 0 Å². The first-order valence-corrected chi connectivity index (χ1v) is 8.21. The predicted molar refractivity (Wildman–Crippen MR) is 101 cm³/mol. The van der Waals surface area contributed by atoms with Crippen molar-refractivity contribution >= 4 is 17.6 Å². The third kappa shape index (κ3) is 4.72. The van der Waals surface area contributed by atoms with Crippen molar-refractivity contribution in [2.24, 2.45) is 0 Å². The number of methoxy groups -OCH3 is 1. The summed E-state index contributed by atoms with van der Waals surface area (Å²) in [4.78, 5) is 30.2. The van der Waals surface area contributed by atoms with Gasteiger partial charge in [0.25, 0.3) is 5.91 Å². The molecule has 1 aromatic heterocycles. The lowest BCUT2D eigenvalue weighted by Gasteiger charge is -2.17. The van der Waals surface area contributed by atoms with E-state index in [1.54, 1.807) is 38.5 Å². The Morgan fingerprint density at radius 1 is 1.19 bits per heavy atom. The first-order chi connectivity index (χ1) is 12.3. The van der Waals surface area contributed by atoms with E-state index in [1.807, 2.05) is 26.0 Å². The van der Waals surface area contributed by atoms with Crippen molar-refractivity contribution in [2.45, 2.75) is 19.9 Å². The van der Waals surface area contributed by atoms with Gasteiger partial charge in [-0.25, -0.2) is 4.79 Å². The topological polar surface area (TPSA) is 83.6 Å². The Morgan fingerprint density at radius 2 is 1.92 bits per heavy atom. The molecule has 0 fully saturated rings. The summed E-state index contributed by atoms with van der Waals surface area (Å²) < 4.78 is 5.23. The number of carbonyl (C=O) groups excluding carboxylic acids is 2. The number of nitrogens with one attached hydrogen (secondary N) is 2. The largest absolute Gasteiger partial charge is 0.496 e. The molecule has 0 spiro atoms. The molecule has 7 heteroatoms. The SMILES string of the molecule is COc1ccc(NC(=O)NC(C)c2ccc(C)nc2)cc1C(=O)N(C)C. The quantitative estimate of drug-likeness (QED) is 0.863. The molecule has 2 aromatic rings. The molecule has 1 heterocycles. The summed E-state index contributed by atoms with van der Waals surface area (Å²) in [5.74, 6) is 0.249. The molecule has 1 aromatic carbocycles. The highest BCUT2D eigenvalue weighted by Crippen LogP contribution is 2.24. The van der Waals surface area contributed by atoms with E-state index in [0.717, 1.165) is 11.3 Å². The molecule has 7 nitrogen and oxygen atoms in total. The van der Waals surface area contributed by atoms with Gasteiger partial charge in [-0.2, -0.15) is 0 Å². The van der Waals surface area contributed by atoms with Crippen molar-refractivity contribution in [3.8, 4) is 5.75 Å². The lowest BCUT2D eigenvalue weighted by atomic mass is 10.1. The van der Waals surface area contributed by atoms with Crippen LogP contribution >= 0.6 is 0 Å². The van der Waals surface area contributed by atoms with Gasteiger partial charge in [-0.15, -0.1) is 0 Å². The fourth-order valence-electron chi connectivity index (χ4n) is 2.38. The maximum Gasteiger partial charge on any atom is 0.319 e. The molecule has 2 rings (SSSR count). The summed E-state index contributed by atoms with van der Waals surface area (Å²) in [5.41, 5.74) is 2.71. The van der Waals surface area contributed by atoms with E-state index >= 15 is 0 Å². The van der Waals surface area contributed by atoms with Gasteiger partial charge in [0.1, 0.15) is 5.75 Å². The number of benzene rings is 1. The lowest BCUT2D eigenvalue weighted by molar-refractivity contribution is 0.0824. The molecule has 0 aliphatic rings. The Balaban J connectivity index is 2.09. The van der Waals surface area contributed by atoms with Crippen LogP contribution in [-0.4, -0.2) is 43.0 Å². The average Bonchev–Trinajstić information content (AvgIpc) is 2.61. The smallest absolute Gasteiger partial charge is 0.319 e. The van der Waals surface area contributed by atoms with Crippen molar-refractivity contribution in [1.82, 2.24) is 15.2 Å². The molecule has 1 atom stereocenters. The van der Waals surface area contributed by atoms with Crippen molar-refractivity contribution in [2.75, 3.05) is 26.5 Å². The number of ether oxygens (including phenoxy) is 1. The van der Waals surface area contributed by atoms with Crippen LogP contribution in [0, 0.1) is 6.92 Å². The van der Waals surface area contributed by atoms with Crippen LogP contribution in [0.2, 0.25) is 0 Å². The van der Waals surface area contributed by atoms with E-state index in [1.165, 1.54) is 12.0 Å². The Morgan fingerprint density at radius 3 is 2.50 bits per heavy atom. The van der Waals surface area contributed by atoms with Gasteiger partial charge in [0.05, 0.1) is 18.7 Å². The Hall–Kier alpha value is -3.09. The maximum atomic E-state index is 12.3. The normalized spacial score (nSPS) is 11.4. The van der Waals surface area contributed by atoms with Gasteiger partial charge in [-0.3, -0.25) is 9.78 Å². The summed E-state index contributed by atoms with van der Waals surface area (Å²) in [6, 6.07) is 8.18. The second kappa shape index (κ2) is 8.33. The number of nitrogens with zero attached hydrogens (tertiary/aromatic N) is 2. The molecule has 0 bridgehead atoms. The van der Waals surface area contributed by atoms with Crippen LogP contribution in [0.1, 0.15) is 34.6 Å². The number of urea groups is 1. The van der Waals surface area contributed by atoms with Gasteiger partial charge < -0.3 is 20.3 Å². The van der Waals surface area contributed by atoms with E-state index in [4.69, 9.17) is 4.74 Å². The molecule has 0 aliphatic heterocycles. The van der Waals surface area contributed by atoms with Crippen molar-refractivity contribution in [3.05, 3.63) is 53.3 Å². The van der Waals surface area contributed by atoms with E-state index in [2.05, 4.69) is 15.6 Å². The summed E-state index contributed by atoms with van der Waals surface area (Å²) >= 11 is 0. The highest BCUT2D eigenvalue weighted by molar-refractivity contribution is 5.99. The number of amides is 3. The van der Waals surface area contributed by atoms with Crippen LogP contribution in [0.15, 0.2) is 36.5 Å². The van der Waals surface area contributed by atoms with Crippen molar-refractivity contribution < 1.29 is 14.3 Å². The number of hydrogen-bond acceptors (Lipinski definition) is 4. The second-order valence-corrected chi connectivity index (χ2v) is 6.17. The number of aromatic nitrogens is 1. The third-order valence-corrected chi connectivity index (χ3v) is 3.88. The van der Waals surface area contributed by atoms with Gasteiger partial charge in [0.2, 0.25) is 0 Å². The third-order valence-electron chi connectivity index (χ3n) is 3.88. The van der Waals surface area contributed by atoms with Crippen LogP contribution in [0.5, 0.6) is 5.75 Å². The van der Waals surface area contributed by atoms with E-state index < -0.39 is 0 Å². The standard InChI is InChI=1S/C19H24N4O3/c1-12-6-7-14(11-20-12)13(2)21-19(25)22-15-8-9-17(26-5)16(10-15)18(24)23(3)4/h6-11,13H,1-5H3,(H2,21,22,25). The number of carbonyl (C=O) groups is 2. The number of anilines is 1. The summed E-state index contributed by atoms with van der Waals surface area (Å²) in [5, 5.41) is 5.59. The maximum absolute atomic E-state index is 12.3. The van der Waals surface area contributed by atoms with Crippen LogP contribution < -0.4 is 15.4 Å². The monoisotopic (exact) mass is 356 g/mol. The Kier molecular flexibility index (Phi) is 6.16. The number of rotatable bonds is 5. The lowest BCUT2D eigenvalue weighted by Crippen LogP contribution is -2.31. The molecule has 0 saturated heterocycles. The Labute approximate surface area is 153 Å². The molecule has 138 valence electrons. The molecule has 1 unspecified atom stereocenters. The number of pyridine rings is 1. The zero-order valence-electron chi connectivity index (χ0n) is 15.7. The fraction of sp³-hybridized carbons (Fsp3) is 0.316. The minimum atomic E-state index is -0.369. The summed E-state index contributed by atoms with van der Waals surface area (Å²) in [6.45, 7) is 3.78. The van der Waals surface area contributed by atoms with Crippen LogP contribution in [-0.2, 0) is 0 Å². The first kappa shape index (κ1) is 19.2. The van der Waals surface area contributed by atoms with Gasteiger partial charge in [0, 0.05) is 31.7 Å². The van der Waals surface area contributed by atoms with E-state index in [-0.39, 0.29) is 18.0 Å². The predicted octanol–water partition coefficient (Wildman–Crippen LogP) is 2.98. The highest BCUT2D eigenvalue weighted by atomic mass is 16.5. The van der Waals surface area contributed by atoms with Crippen LogP contribution in [0.4, 0.5) is 10.5 Å². The zero-order chi connectivity index (χ0) is 19.3. The van der Waals surface area contributed by atoms with E-state index in [9.17, 15) is 9.59 Å². The first-order valence-electron chi connectivity index (χ1n) is 8.21. The fourth-order valence-corrected chi connectivity index (χ4v) is 2.38. The van der Waals surface area contributed by atoms with Crippen LogP contribution in [0.3, 0.4) is 0 Å². The van der Waals surface area contributed by atoms with Gasteiger partial charge in [0.15, 0.2) is 0 Å². The molecule has 26 heavy (non-hydrogen) atoms. The molecule has 0 saturated carbocycles. The number of hydrogen-bond donors (Lipinski definition) is 2. The minimum Gasteiger partial charge on any atom is -0.496 e. The Bertz CT molecular complexity index is 788. The molecule has 3 amide bonds. The van der Waals surface area contributed by atoms with Gasteiger partial charge in [-0.1, -0.05) is 6.07 Å². The minimum absolute atomic E-state index is 0.204. The number of aryl methyl sites for hydroxylation is 1. The molecule has 0 aliphatic carbocycles. The van der Waals surface area contributed by atoms with Crippen molar-refractivity contribution in [3.63, 3.8) is 0 Å².